The van der Waals surface area contributed by atoms with Gasteiger partial charge in [-0.3, -0.25) is 19.6 Å². The van der Waals surface area contributed by atoms with Gasteiger partial charge in [0, 0.05) is 19.3 Å². The average Bonchev–Trinajstić information content (AvgIpc) is 2.14. The summed E-state index contributed by atoms with van der Waals surface area (Å²) < 4.78 is 0. The molecule has 0 aliphatic heterocycles. The van der Waals surface area contributed by atoms with Crippen LogP contribution in [0.2, 0.25) is 0 Å². The Labute approximate surface area is 87.2 Å². The van der Waals surface area contributed by atoms with Crippen molar-refractivity contribution in [3.63, 3.8) is 0 Å². The molecule has 0 aromatic carbocycles. The lowest BCUT2D eigenvalue weighted by atomic mass is 10.3. The average molecular weight is 220 g/mol. The SMILES string of the molecule is CCCC(=O)O.NC(=O)CCC(=O)NO. The van der Waals surface area contributed by atoms with Crippen molar-refractivity contribution in [1.82, 2.24) is 5.48 Å². The zero-order valence-electron chi connectivity index (χ0n) is 8.52. The van der Waals surface area contributed by atoms with Gasteiger partial charge in [-0.05, 0) is 6.42 Å². The molecule has 15 heavy (non-hydrogen) atoms. The molecule has 7 nitrogen and oxygen atoms in total. The summed E-state index contributed by atoms with van der Waals surface area (Å²) in [5, 5.41) is 15.8. The summed E-state index contributed by atoms with van der Waals surface area (Å²) in [5.41, 5.74) is 6.07. The van der Waals surface area contributed by atoms with Gasteiger partial charge in [-0.15, -0.1) is 0 Å². The lowest BCUT2D eigenvalue weighted by Gasteiger charge is -1.92. The first-order chi connectivity index (χ1) is 6.93. The minimum absolute atomic E-state index is 0.0353. The molecule has 0 bridgehead atoms. The highest BCUT2D eigenvalue weighted by Crippen LogP contribution is 1.84. The standard InChI is InChI=1S/C4H8N2O3.C4H8O2/c5-3(7)1-2-4(8)6-9;1-2-3-4(5)6/h9H,1-2H2,(H2,5,7)(H,6,8);2-3H2,1H3,(H,5,6). The van der Waals surface area contributed by atoms with E-state index in [1.807, 2.05) is 6.92 Å². The van der Waals surface area contributed by atoms with Crippen LogP contribution in [-0.4, -0.2) is 28.1 Å². The molecule has 0 saturated heterocycles. The molecule has 0 unspecified atom stereocenters. The fraction of sp³-hybridized carbons (Fsp3) is 0.625. The molecule has 7 heteroatoms. The lowest BCUT2D eigenvalue weighted by molar-refractivity contribution is -0.137. The Balaban J connectivity index is 0. The van der Waals surface area contributed by atoms with Crippen LogP contribution in [0.3, 0.4) is 0 Å². The number of carboxylic acid groups (broad SMARTS) is 1. The number of amides is 2. The van der Waals surface area contributed by atoms with E-state index in [9.17, 15) is 14.4 Å². The van der Waals surface area contributed by atoms with E-state index >= 15 is 0 Å². The maximum atomic E-state index is 10.1. The largest absolute Gasteiger partial charge is 0.481 e. The van der Waals surface area contributed by atoms with Gasteiger partial charge in [-0.2, -0.15) is 0 Å². The molecular formula is C8H16N2O5. The quantitative estimate of drug-likeness (QED) is 0.371. The molecule has 5 N–H and O–H groups in total. The molecule has 0 atom stereocenters. The third kappa shape index (κ3) is 19.0. The van der Waals surface area contributed by atoms with Crippen LogP contribution >= 0.6 is 0 Å². The third-order valence-electron chi connectivity index (χ3n) is 1.19. The number of carboxylic acids is 1. The highest BCUT2D eigenvalue weighted by Gasteiger charge is 2.00. The number of aliphatic carboxylic acids is 1. The van der Waals surface area contributed by atoms with E-state index in [-0.39, 0.29) is 12.8 Å². The number of hydrogen-bond donors (Lipinski definition) is 4. The van der Waals surface area contributed by atoms with E-state index in [1.165, 1.54) is 5.48 Å². The van der Waals surface area contributed by atoms with Crippen molar-refractivity contribution in [1.29, 1.82) is 0 Å². The molecule has 2 amide bonds. The van der Waals surface area contributed by atoms with E-state index in [2.05, 4.69) is 0 Å². The number of hydrogen-bond acceptors (Lipinski definition) is 4. The lowest BCUT2D eigenvalue weighted by Crippen LogP contribution is -2.21. The first kappa shape index (κ1) is 15.8. The Kier molecular flexibility index (Phi) is 11.0. The number of carbonyl (C=O) groups excluding carboxylic acids is 2. The van der Waals surface area contributed by atoms with Crippen molar-refractivity contribution in [3.05, 3.63) is 0 Å². The number of nitrogens with two attached hydrogens (primary N) is 1. The Morgan fingerprint density at radius 2 is 1.73 bits per heavy atom. The summed E-state index contributed by atoms with van der Waals surface area (Å²) in [6, 6.07) is 0. The van der Waals surface area contributed by atoms with Crippen molar-refractivity contribution in [2.75, 3.05) is 0 Å². The van der Waals surface area contributed by atoms with Crippen LogP contribution < -0.4 is 11.2 Å². The Morgan fingerprint density at radius 3 is 1.93 bits per heavy atom. The van der Waals surface area contributed by atoms with Crippen molar-refractivity contribution >= 4 is 17.8 Å². The number of primary amides is 1. The fourth-order valence-electron chi connectivity index (χ4n) is 0.506. The number of hydroxylamine groups is 1. The summed E-state index contributed by atoms with van der Waals surface area (Å²) in [6.07, 6.45) is 0.924. The minimum atomic E-state index is -0.711. The maximum absolute atomic E-state index is 10.1. The second-order valence-corrected chi connectivity index (χ2v) is 2.65. The predicted molar refractivity (Wildman–Crippen MR) is 50.9 cm³/mol. The van der Waals surface area contributed by atoms with Gasteiger partial charge in [0.25, 0.3) is 0 Å². The minimum Gasteiger partial charge on any atom is -0.481 e. The topological polar surface area (TPSA) is 130 Å². The maximum Gasteiger partial charge on any atom is 0.303 e. The molecule has 0 heterocycles. The molecule has 0 fully saturated rings. The molecule has 88 valence electrons. The summed E-state index contributed by atoms with van der Waals surface area (Å²) >= 11 is 0. The Bertz CT molecular complexity index is 217. The van der Waals surface area contributed by atoms with Crippen LogP contribution in [0.15, 0.2) is 0 Å². The van der Waals surface area contributed by atoms with E-state index < -0.39 is 17.8 Å². The van der Waals surface area contributed by atoms with Gasteiger partial charge in [-0.25, -0.2) is 5.48 Å². The monoisotopic (exact) mass is 220 g/mol. The highest BCUT2D eigenvalue weighted by molar-refractivity contribution is 5.82. The van der Waals surface area contributed by atoms with Crippen LogP contribution in [-0.2, 0) is 14.4 Å². The number of rotatable bonds is 5. The van der Waals surface area contributed by atoms with Gasteiger partial charge in [0.05, 0.1) is 0 Å². The van der Waals surface area contributed by atoms with Gasteiger partial charge < -0.3 is 10.8 Å². The Morgan fingerprint density at radius 1 is 1.20 bits per heavy atom. The van der Waals surface area contributed by atoms with Crippen molar-refractivity contribution < 1.29 is 24.7 Å². The number of nitrogens with one attached hydrogen (secondary N) is 1. The van der Waals surface area contributed by atoms with Crippen LogP contribution in [0.5, 0.6) is 0 Å². The van der Waals surface area contributed by atoms with Crippen LogP contribution in [0.25, 0.3) is 0 Å². The second-order valence-electron chi connectivity index (χ2n) is 2.65. The molecule has 0 spiro atoms. The van der Waals surface area contributed by atoms with Crippen LogP contribution in [0.4, 0.5) is 0 Å². The fourth-order valence-corrected chi connectivity index (χ4v) is 0.506. The summed E-state index contributed by atoms with van der Waals surface area (Å²) in [5.74, 6) is -1.87. The van der Waals surface area contributed by atoms with Gasteiger partial charge >= 0.3 is 5.97 Å². The first-order valence-electron chi connectivity index (χ1n) is 4.37. The van der Waals surface area contributed by atoms with E-state index in [1.54, 1.807) is 0 Å². The number of carbonyl (C=O) groups is 3. The Hall–Kier alpha value is -1.63. The third-order valence-corrected chi connectivity index (χ3v) is 1.19. The smallest absolute Gasteiger partial charge is 0.303 e. The molecule has 0 aliphatic carbocycles. The molecule has 0 saturated carbocycles. The predicted octanol–water partition coefficient (Wildman–Crippen LogP) is -0.372. The molecule has 0 aromatic rings. The molecular weight excluding hydrogens is 204 g/mol. The van der Waals surface area contributed by atoms with Crippen molar-refractivity contribution in [2.24, 2.45) is 5.73 Å². The van der Waals surface area contributed by atoms with Crippen LogP contribution in [0, 0.1) is 0 Å². The summed E-state index contributed by atoms with van der Waals surface area (Å²) in [7, 11) is 0. The highest BCUT2D eigenvalue weighted by atomic mass is 16.5. The van der Waals surface area contributed by atoms with Crippen molar-refractivity contribution in [3.8, 4) is 0 Å². The molecule has 0 rings (SSSR count). The van der Waals surface area contributed by atoms with Crippen molar-refractivity contribution in [2.45, 2.75) is 32.6 Å². The van der Waals surface area contributed by atoms with Gasteiger partial charge in [-0.1, -0.05) is 6.92 Å². The summed E-state index contributed by atoms with van der Waals surface area (Å²) in [4.78, 5) is 29.7. The van der Waals surface area contributed by atoms with Gasteiger partial charge in [0.1, 0.15) is 0 Å². The zero-order chi connectivity index (χ0) is 12.3. The zero-order valence-corrected chi connectivity index (χ0v) is 8.52. The normalized spacial score (nSPS) is 8.40. The van der Waals surface area contributed by atoms with E-state index in [0.29, 0.717) is 6.42 Å². The van der Waals surface area contributed by atoms with Gasteiger partial charge in [0.15, 0.2) is 0 Å². The van der Waals surface area contributed by atoms with Crippen LogP contribution in [0.1, 0.15) is 32.6 Å². The summed E-state index contributed by atoms with van der Waals surface area (Å²) in [6.45, 7) is 1.84. The molecule has 0 aliphatic rings. The molecule has 0 aromatic heterocycles. The van der Waals surface area contributed by atoms with E-state index in [0.717, 1.165) is 6.42 Å². The second kappa shape index (κ2) is 10.5. The van der Waals surface area contributed by atoms with Gasteiger partial charge in [0.2, 0.25) is 11.8 Å². The first-order valence-corrected chi connectivity index (χ1v) is 4.37. The van der Waals surface area contributed by atoms with E-state index in [4.69, 9.17) is 16.0 Å². The molecule has 0 radical (unpaired) electrons.